The van der Waals surface area contributed by atoms with Crippen molar-refractivity contribution in [3.8, 4) is 0 Å². The average Bonchev–Trinajstić information content (AvgIpc) is 2.82. The highest BCUT2D eigenvalue weighted by Crippen LogP contribution is 2.20. The van der Waals surface area contributed by atoms with Crippen molar-refractivity contribution in [1.82, 2.24) is 25.0 Å². The van der Waals surface area contributed by atoms with Gasteiger partial charge in [0.2, 0.25) is 0 Å². The van der Waals surface area contributed by atoms with Crippen LogP contribution in [0.25, 0.3) is 0 Å². The van der Waals surface area contributed by atoms with Crippen LogP contribution in [0.4, 0.5) is 0 Å². The monoisotopic (exact) mass is 265 g/mol. The SMILES string of the molecule is CCCNC(C)C1CCCN(Cc2ncnn2C)C1. The van der Waals surface area contributed by atoms with Crippen LogP contribution in [-0.2, 0) is 13.6 Å². The summed E-state index contributed by atoms with van der Waals surface area (Å²) in [6.07, 6.45) is 5.48. The predicted molar refractivity (Wildman–Crippen MR) is 76.8 cm³/mol. The van der Waals surface area contributed by atoms with Gasteiger partial charge in [-0.25, -0.2) is 4.98 Å². The molecule has 0 radical (unpaired) electrons. The summed E-state index contributed by atoms with van der Waals surface area (Å²) in [5.74, 6) is 1.82. The Morgan fingerprint density at radius 3 is 3.05 bits per heavy atom. The Labute approximate surface area is 116 Å². The van der Waals surface area contributed by atoms with E-state index in [1.54, 1.807) is 6.33 Å². The number of aryl methyl sites for hydroxylation is 1. The van der Waals surface area contributed by atoms with Gasteiger partial charge in [0.25, 0.3) is 0 Å². The van der Waals surface area contributed by atoms with Gasteiger partial charge in [0, 0.05) is 19.6 Å². The molecule has 2 heterocycles. The lowest BCUT2D eigenvalue weighted by Gasteiger charge is -2.35. The average molecular weight is 265 g/mol. The largest absolute Gasteiger partial charge is 0.314 e. The minimum Gasteiger partial charge on any atom is -0.314 e. The molecular weight excluding hydrogens is 238 g/mol. The van der Waals surface area contributed by atoms with Crippen LogP contribution >= 0.6 is 0 Å². The van der Waals surface area contributed by atoms with Crippen molar-refractivity contribution in [2.45, 2.75) is 45.7 Å². The third-order valence-corrected chi connectivity index (χ3v) is 4.14. The van der Waals surface area contributed by atoms with E-state index in [4.69, 9.17) is 0 Å². The van der Waals surface area contributed by atoms with E-state index >= 15 is 0 Å². The molecule has 0 bridgehead atoms. The van der Waals surface area contributed by atoms with Gasteiger partial charge in [-0.15, -0.1) is 0 Å². The Morgan fingerprint density at radius 2 is 2.37 bits per heavy atom. The molecular formula is C14H27N5. The van der Waals surface area contributed by atoms with Crippen LogP contribution in [0, 0.1) is 5.92 Å². The summed E-state index contributed by atoms with van der Waals surface area (Å²) in [6, 6.07) is 0.613. The number of hydrogen-bond acceptors (Lipinski definition) is 4. The topological polar surface area (TPSA) is 46.0 Å². The van der Waals surface area contributed by atoms with Crippen molar-refractivity contribution in [3.63, 3.8) is 0 Å². The number of piperidine rings is 1. The molecule has 0 spiro atoms. The third-order valence-electron chi connectivity index (χ3n) is 4.14. The first kappa shape index (κ1) is 14.5. The minimum atomic E-state index is 0.613. The standard InChI is InChI=1S/C14H27N5/c1-4-7-15-12(2)13-6-5-8-19(9-13)10-14-16-11-17-18(14)3/h11-13,15H,4-10H2,1-3H3. The van der Waals surface area contributed by atoms with Crippen molar-refractivity contribution < 1.29 is 0 Å². The smallest absolute Gasteiger partial charge is 0.140 e. The summed E-state index contributed by atoms with van der Waals surface area (Å²) < 4.78 is 1.88. The Bertz CT molecular complexity index is 376. The van der Waals surface area contributed by atoms with Crippen molar-refractivity contribution in [1.29, 1.82) is 0 Å². The van der Waals surface area contributed by atoms with Gasteiger partial charge in [-0.05, 0) is 45.2 Å². The zero-order valence-electron chi connectivity index (χ0n) is 12.5. The van der Waals surface area contributed by atoms with Crippen molar-refractivity contribution in [2.75, 3.05) is 19.6 Å². The van der Waals surface area contributed by atoms with Crippen molar-refractivity contribution in [3.05, 3.63) is 12.2 Å². The molecule has 1 N–H and O–H groups in total. The van der Waals surface area contributed by atoms with E-state index in [9.17, 15) is 0 Å². The maximum Gasteiger partial charge on any atom is 0.140 e. The molecule has 2 unspecified atom stereocenters. The first-order valence-corrected chi connectivity index (χ1v) is 7.49. The fourth-order valence-corrected chi connectivity index (χ4v) is 2.84. The third kappa shape index (κ3) is 4.01. The van der Waals surface area contributed by atoms with Crippen molar-refractivity contribution >= 4 is 0 Å². The normalized spacial score (nSPS) is 22.6. The molecule has 2 atom stereocenters. The second kappa shape index (κ2) is 7.01. The molecule has 0 aromatic carbocycles. The molecule has 2 rings (SSSR count). The summed E-state index contributed by atoms with van der Waals surface area (Å²) in [5.41, 5.74) is 0. The van der Waals surface area contributed by atoms with Crippen molar-refractivity contribution in [2.24, 2.45) is 13.0 Å². The van der Waals surface area contributed by atoms with Crippen LogP contribution in [-0.4, -0.2) is 45.3 Å². The van der Waals surface area contributed by atoms with Gasteiger partial charge in [0.1, 0.15) is 12.2 Å². The fraction of sp³-hybridized carbons (Fsp3) is 0.857. The molecule has 1 fully saturated rings. The number of likely N-dealkylation sites (tertiary alicyclic amines) is 1. The molecule has 0 amide bonds. The molecule has 0 aliphatic carbocycles. The highest BCUT2D eigenvalue weighted by molar-refractivity contribution is 4.87. The maximum atomic E-state index is 4.32. The second-order valence-electron chi connectivity index (χ2n) is 5.68. The van der Waals surface area contributed by atoms with E-state index in [-0.39, 0.29) is 0 Å². The zero-order valence-corrected chi connectivity index (χ0v) is 12.5. The predicted octanol–water partition coefficient (Wildman–Crippen LogP) is 1.42. The zero-order chi connectivity index (χ0) is 13.7. The molecule has 19 heavy (non-hydrogen) atoms. The number of nitrogens with zero attached hydrogens (tertiary/aromatic N) is 4. The van der Waals surface area contributed by atoms with Gasteiger partial charge in [0.15, 0.2) is 0 Å². The van der Waals surface area contributed by atoms with E-state index in [0.717, 1.165) is 24.8 Å². The molecule has 1 aliphatic heterocycles. The quantitative estimate of drug-likeness (QED) is 0.845. The molecule has 5 nitrogen and oxygen atoms in total. The molecule has 1 aromatic rings. The molecule has 1 aromatic heterocycles. The lowest BCUT2D eigenvalue weighted by Crippen LogP contribution is -2.44. The summed E-state index contributed by atoms with van der Waals surface area (Å²) in [5, 5.41) is 7.78. The van der Waals surface area contributed by atoms with Crippen LogP contribution in [0.15, 0.2) is 6.33 Å². The van der Waals surface area contributed by atoms with E-state index in [2.05, 4.69) is 34.1 Å². The van der Waals surface area contributed by atoms with Crippen LogP contribution in [0.3, 0.4) is 0 Å². The second-order valence-corrected chi connectivity index (χ2v) is 5.68. The molecule has 5 heteroatoms. The Balaban J connectivity index is 1.85. The maximum absolute atomic E-state index is 4.32. The van der Waals surface area contributed by atoms with E-state index in [1.807, 2.05) is 11.7 Å². The highest BCUT2D eigenvalue weighted by Gasteiger charge is 2.24. The molecule has 1 saturated heterocycles. The summed E-state index contributed by atoms with van der Waals surface area (Å²) in [4.78, 5) is 6.84. The lowest BCUT2D eigenvalue weighted by atomic mass is 9.91. The summed E-state index contributed by atoms with van der Waals surface area (Å²) >= 11 is 0. The van der Waals surface area contributed by atoms with Gasteiger partial charge in [-0.2, -0.15) is 5.10 Å². The first-order chi connectivity index (χ1) is 9.20. The van der Waals surface area contributed by atoms with Crippen LogP contribution < -0.4 is 5.32 Å². The molecule has 108 valence electrons. The summed E-state index contributed by atoms with van der Waals surface area (Å²) in [6.45, 7) is 8.95. The summed E-state index contributed by atoms with van der Waals surface area (Å²) in [7, 11) is 1.97. The first-order valence-electron chi connectivity index (χ1n) is 7.49. The fourth-order valence-electron chi connectivity index (χ4n) is 2.84. The van der Waals surface area contributed by atoms with Gasteiger partial charge < -0.3 is 5.32 Å². The Morgan fingerprint density at radius 1 is 1.53 bits per heavy atom. The minimum absolute atomic E-state index is 0.613. The van der Waals surface area contributed by atoms with Crippen LogP contribution in [0.2, 0.25) is 0 Å². The van der Waals surface area contributed by atoms with Crippen LogP contribution in [0.1, 0.15) is 38.9 Å². The number of rotatable bonds is 6. The van der Waals surface area contributed by atoms with E-state index < -0.39 is 0 Å². The Hall–Kier alpha value is -0.940. The number of hydrogen-bond donors (Lipinski definition) is 1. The van der Waals surface area contributed by atoms with Gasteiger partial charge in [-0.1, -0.05) is 6.92 Å². The Kier molecular flexibility index (Phi) is 5.34. The lowest BCUT2D eigenvalue weighted by molar-refractivity contribution is 0.140. The van der Waals surface area contributed by atoms with E-state index in [0.29, 0.717) is 6.04 Å². The molecule has 1 aliphatic rings. The van der Waals surface area contributed by atoms with Crippen LogP contribution in [0.5, 0.6) is 0 Å². The number of aromatic nitrogens is 3. The van der Waals surface area contributed by atoms with Gasteiger partial charge in [-0.3, -0.25) is 9.58 Å². The van der Waals surface area contributed by atoms with Gasteiger partial charge in [0.05, 0.1) is 6.54 Å². The number of nitrogens with one attached hydrogen (secondary N) is 1. The molecule has 0 saturated carbocycles. The van der Waals surface area contributed by atoms with Gasteiger partial charge >= 0.3 is 0 Å². The highest BCUT2D eigenvalue weighted by atomic mass is 15.3. The van der Waals surface area contributed by atoms with E-state index in [1.165, 1.54) is 32.4 Å².